The maximum absolute atomic E-state index is 12.4. The van der Waals surface area contributed by atoms with E-state index in [0.717, 1.165) is 38.0 Å². The Hall–Kier alpha value is -1.06. The van der Waals surface area contributed by atoms with Crippen LogP contribution in [0.1, 0.15) is 71.1 Å². The molecule has 0 bridgehead atoms. The molecule has 0 heterocycles. The predicted molar refractivity (Wildman–Crippen MR) is 81.9 cm³/mol. The van der Waals surface area contributed by atoms with Crippen molar-refractivity contribution in [3.63, 3.8) is 0 Å². The third-order valence-electron chi connectivity index (χ3n) is 5.31. The third-order valence-corrected chi connectivity index (χ3v) is 5.31. The second-order valence-electron chi connectivity index (χ2n) is 6.85. The van der Waals surface area contributed by atoms with Crippen LogP contribution in [-0.4, -0.2) is 23.0 Å². The van der Waals surface area contributed by atoms with Gasteiger partial charge in [-0.25, -0.2) is 0 Å². The molecule has 4 nitrogen and oxygen atoms in total. The van der Waals surface area contributed by atoms with Gasteiger partial charge in [-0.05, 0) is 44.4 Å². The van der Waals surface area contributed by atoms with Gasteiger partial charge < -0.3 is 10.4 Å². The molecule has 0 aromatic carbocycles. The lowest BCUT2D eigenvalue weighted by Gasteiger charge is -2.32. The maximum atomic E-state index is 12.4. The highest BCUT2D eigenvalue weighted by atomic mass is 16.4. The Bertz CT molecular complexity index is 361. The normalized spacial score (nSPS) is 33.4. The van der Waals surface area contributed by atoms with Gasteiger partial charge in [-0.3, -0.25) is 9.59 Å². The third kappa shape index (κ3) is 4.45. The lowest BCUT2D eigenvalue weighted by atomic mass is 9.78. The van der Waals surface area contributed by atoms with Crippen molar-refractivity contribution in [3.05, 3.63) is 0 Å². The monoisotopic (exact) mass is 295 g/mol. The Morgan fingerprint density at radius 3 is 2.19 bits per heavy atom. The highest BCUT2D eigenvalue weighted by Crippen LogP contribution is 2.32. The summed E-state index contributed by atoms with van der Waals surface area (Å²) in [6.07, 6.45) is 10.3. The van der Waals surface area contributed by atoms with Crippen LogP contribution in [0.5, 0.6) is 0 Å². The first-order valence-electron chi connectivity index (χ1n) is 8.65. The van der Waals surface area contributed by atoms with Crippen LogP contribution in [0.25, 0.3) is 0 Å². The molecule has 0 spiro atoms. The largest absolute Gasteiger partial charge is 0.481 e. The van der Waals surface area contributed by atoms with Gasteiger partial charge in [-0.1, -0.05) is 32.6 Å². The molecule has 0 saturated heterocycles. The van der Waals surface area contributed by atoms with E-state index in [2.05, 4.69) is 12.2 Å². The first kappa shape index (κ1) is 16.3. The summed E-state index contributed by atoms with van der Waals surface area (Å²) >= 11 is 0. The molecule has 0 aromatic heterocycles. The summed E-state index contributed by atoms with van der Waals surface area (Å²) < 4.78 is 0. The molecule has 2 fully saturated rings. The summed E-state index contributed by atoms with van der Waals surface area (Å²) in [4.78, 5) is 23.7. The summed E-state index contributed by atoms with van der Waals surface area (Å²) in [5, 5.41) is 12.4. The van der Waals surface area contributed by atoms with Crippen molar-refractivity contribution in [1.82, 2.24) is 5.32 Å². The highest BCUT2D eigenvalue weighted by molar-refractivity contribution is 5.85. The standard InChI is InChI=1S/C17H29NO3/c1-2-5-12-8-10-13(11-9-12)18-16(19)14-6-3-4-7-15(14)17(20)21/h12-15H,2-11H2,1H3,(H,18,19)(H,20,21). The van der Waals surface area contributed by atoms with Crippen molar-refractivity contribution >= 4 is 11.9 Å². The zero-order valence-corrected chi connectivity index (χ0v) is 13.1. The summed E-state index contributed by atoms with van der Waals surface area (Å²) in [6, 6.07) is 0.266. The van der Waals surface area contributed by atoms with E-state index in [1.165, 1.54) is 25.7 Å². The van der Waals surface area contributed by atoms with Crippen LogP contribution in [0.3, 0.4) is 0 Å². The van der Waals surface area contributed by atoms with E-state index in [1.54, 1.807) is 0 Å². The first-order valence-corrected chi connectivity index (χ1v) is 8.65. The van der Waals surface area contributed by atoms with Crippen molar-refractivity contribution < 1.29 is 14.7 Å². The van der Waals surface area contributed by atoms with Gasteiger partial charge in [0.25, 0.3) is 0 Å². The number of hydrogen-bond acceptors (Lipinski definition) is 2. The SMILES string of the molecule is CCCC1CCC(NC(=O)C2CCCCC2C(=O)O)CC1. The lowest BCUT2D eigenvalue weighted by Crippen LogP contribution is -2.45. The van der Waals surface area contributed by atoms with Crippen LogP contribution in [-0.2, 0) is 9.59 Å². The molecule has 1 amide bonds. The molecule has 2 N–H and O–H groups in total. The maximum Gasteiger partial charge on any atom is 0.307 e. The van der Waals surface area contributed by atoms with Crippen LogP contribution < -0.4 is 5.32 Å². The van der Waals surface area contributed by atoms with Crippen molar-refractivity contribution in [2.45, 2.75) is 77.2 Å². The summed E-state index contributed by atoms with van der Waals surface area (Å²) in [5.41, 5.74) is 0. The number of rotatable bonds is 5. The second kappa shape index (κ2) is 7.81. The number of carboxylic acid groups (broad SMARTS) is 1. The molecular weight excluding hydrogens is 266 g/mol. The number of carboxylic acids is 1. The Kier molecular flexibility index (Phi) is 6.07. The molecule has 2 unspecified atom stereocenters. The lowest BCUT2D eigenvalue weighted by molar-refractivity contribution is -0.149. The molecule has 2 aliphatic rings. The molecule has 2 atom stereocenters. The first-order chi connectivity index (χ1) is 10.1. The molecule has 2 rings (SSSR count). The molecule has 2 saturated carbocycles. The molecule has 4 heteroatoms. The molecule has 0 radical (unpaired) electrons. The van der Waals surface area contributed by atoms with Crippen molar-refractivity contribution in [2.75, 3.05) is 0 Å². The number of carbonyl (C=O) groups excluding carboxylic acids is 1. The Balaban J connectivity index is 1.82. The number of amides is 1. The number of aliphatic carboxylic acids is 1. The molecule has 0 aliphatic heterocycles. The Labute approximate surface area is 127 Å². The minimum atomic E-state index is -0.804. The fraction of sp³-hybridized carbons (Fsp3) is 0.882. The zero-order chi connectivity index (χ0) is 15.2. The van der Waals surface area contributed by atoms with Crippen molar-refractivity contribution in [3.8, 4) is 0 Å². The predicted octanol–water partition coefficient (Wildman–Crippen LogP) is 3.35. The molecule has 2 aliphatic carbocycles. The van der Waals surface area contributed by atoms with E-state index in [4.69, 9.17) is 0 Å². The van der Waals surface area contributed by atoms with Crippen molar-refractivity contribution in [2.24, 2.45) is 17.8 Å². The van der Waals surface area contributed by atoms with E-state index < -0.39 is 11.9 Å². The van der Waals surface area contributed by atoms with Gasteiger partial charge in [-0.2, -0.15) is 0 Å². The van der Waals surface area contributed by atoms with Crippen LogP contribution in [0.4, 0.5) is 0 Å². The van der Waals surface area contributed by atoms with Gasteiger partial charge >= 0.3 is 5.97 Å². The van der Waals surface area contributed by atoms with Gasteiger partial charge in [0, 0.05) is 6.04 Å². The average Bonchev–Trinajstić information content (AvgIpc) is 2.49. The summed E-state index contributed by atoms with van der Waals surface area (Å²) in [6.45, 7) is 2.23. The van der Waals surface area contributed by atoms with E-state index in [1.807, 2.05) is 0 Å². The zero-order valence-electron chi connectivity index (χ0n) is 13.1. The van der Waals surface area contributed by atoms with Gasteiger partial charge in [0.05, 0.1) is 11.8 Å². The smallest absolute Gasteiger partial charge is 0.307 e. The van der Waals surface area contributed by atoms with E-state index in [-0.39, 0.29) is 17.9 Å². The summed E-state index contributed by atoms with van der Waals surface area (Å²) in [7, 11) is 0. The molecule has 21 heavy (non-hydrogen) atoms. The number of nitrogens with one attached hydrogen (secondary N) is 1. The summed E-state index contributed by atoms with van der Waals surface area (Å²) in [5.74, 6) is -0.785. The number of carbonyl (C=O) groups is 2. The van der Waals surface area contributed by atoms with E-state index in [9.17, 15) is 14.7 Å². The van der Waals surface area contributed by atoms with Gasteiger partial charge in [0.2, 0.25) is 5.91 Å². The fourth-order valence-corrected chi connectivity index (χ4v) is 4.05. The molecule has 0 aromatic rings. The number of hydrogen-bond donors (Lipinski definition) is 2. The Morgan fingerprint density at radius 2 is 1.62 bits per heavy atom. The van der Waals surface area contributed by atoms with Crippen LogP contribution >= 0.6 is 0 Å². The Morgan fingerprint density at radius 1 is 1.00 bits per heavy atom. The minimum Gasteiger partial charge on any atom is -0.481 e. The van der Waals surface area contributed by atoms with E-state index >= 15 is 0 Å². The average molecular weight is 295 g/mol. The van der Waals surface area contributed by atoms with Crippen LogP contribution in [0.2, 0.25) is 0 Å². The van der Waals surface area contributed by atoms with Crippen LogP contribution in [0, 0.1) is 17.8 Å². The topological polar surface area (TPSA) is 66.4 Å². The second-order valence-corrected chi connectivity index (χ2v) is 6.85. The van der Waals surface area contributed by atoms with E-state index in [0.29, 0.717) is 6.42 Å². The van der Waals surface area contributed by atoms with Gasteiger partial charge in [0.15, 0.2) is 0 Å². The molecule has 120 valence electrons. The van der Waals surface area contributed by atoms with Crippen molar-refractivity contribution in [1.29, 1.82) is 0 Å². The van der Waals surface area contributed by atoms with Gasteiger partial charge in [-0.15, -0.1) is 0 Å². The molecular formula is C17H29NO3. The van der Waals surface area contributed by atoms with Crippen LogP contribution in [0.15, 0.2) is 0 Å². The quantitative estimate of drug-likeness (QED) is 0.817. The van der Waals surface area contributed by atoms with Gasteiger partial charge in [0.1, 0.15) is 0 Å². The fourth-order valence-electron chi connectivity index (χ4n) is 4.05. The highest BCUT2D eigenvalue weighted by Gasteiger charge is 2.36. The minimum absolute atomic E-state index is 0.0129.